The average Bonchev–Trinajstić information content (AvgIpc) is 3.20. The molecule has 2 heterocycles. The molecular formula is C28H35N5O3. The summed E-state index contributed by atoms with van der Waals surface area (Å²) in [6.07, 6.45) is 1.74. The second-order valence-corrected chi connectivity index (χ2v) is 9.39. The molecule has 0 bridgehead atoms. The van der Waals surface area contributed by atoms with Gasteiger partial charge in [-0.1, -0.05) is 43.7 Å². The van der Waals surface area contributed by atoms with Crippen LogP contribution in [0.1, 0.15) is 51.9 Å². The maximum Gasteiger partial charge on any atom is 0.217 e. The first-order chi connectivity index (χ1) is 17.3. The van der Waals surface area contributed by atoms with Crippen molar-refractivity contribution in [3.63, 3.8) is 0 Å². The third-order valence-electron chi connectivity index (χ3n) is 6.22. The van der Waals surface area contributed by atoms with Crippen LogP contribution in [0.4, 0.5) is 5.82 Å². The number of benzene rings is 2. The van der Waals surface area contributed by atoms with Crippen molar-refractivity contribution in [2.45, 2.75) is 65.8 Å². The number of nitrogens with two attached hydrogens (primary N) is 1. The van der Waals surface area contributed by atoms with Gasteiger partial charge in [0.05, 0.1) is 16.6 Å². The Kier molecular flexibility index (Phi) is 7.74. The molecule has 1 unspecified atom stereocenters. The number of nitrogens with zero attached hydrogens (tertiary/aromatic N) is 3. The monoisotopic (exact) mass is 489 g/mol. The molecule has 0 saturated heterocycles. The number of imidazole rings is 1. The van der Waals surface area contributed by atoms with Gasteiger partial charge in [0.2, 0.25) is 5.91 Å². The molecule has 1 amide bonds. The van der Waals surface area contributed by atoms with Gasteiger partial charge in [0.25, 0.3) is 0 Å². The quantitative estimate of drug-likeness (QED) is 0.308. The third-order valence-corrected chi connectivity index (χ3v) is 6.22. The molecule has 3 N–H and O–H groups in total. The number of carbonyl (C=O) groups excluding carboxylic acids is 1. The number of carbonyl (C=O) groups is 1. The first-order valence-corrected chi connectivity index (χ1v) is 12.4. The van der Waals surface area contributed by atoms with E-state index in [0.717, 1.165) is 40.6 Å². The van der Waals surface area contributed by atoms with Crippen LogP contribution < -0.4 is 15.8 Å². The molecule has 4 rings (SSSR count). The summed E-state index contributed by atoms with van der Waals surface area (Å²) in [6, 6.07) is 15.9. The highest BCUT2D eigenvalue weighted by Gasteiger charge is 2.28. The van der Waals surface area contributed by atoms with Gasteiger partial charge in [0.15, 0.2) is 5.82 Å². The summed E-state index contributed by atoms with van der Waals surface area (Å²) in [7, 11) is 0. The zero-order valence-corrected chi connectivity index (χ0v) is 21.5. The molecule has 0 radical (unpaired) electrons. The van der Waals surface area contributed by atoms with E-state index in [-0.39, 0.29) is 5.91 Å². The van der Waals surface area contributed by atoms with Crippen LogP contribution in [-0.2, 0) is 29.3 Å². The standard InChI is InChI=1S/C28H35N5O3/c1-5-14-28(4,32-19(3)34)18-33-24(17-35-6-2)31-25-26(33)22-13-12-21(15-23(22)30-27(25)29)36-16-20-10-8-7-9-11-20/h7-13,15H,5-6,14,16-18H2,1-4H3,(H2,29,30)(H,32,34). The number of rotatable bonds is 11. The van der Waals surface area contributed by atoms with Crippen molar-refractivity contribution in [1.29, 1.82) is 0 Å². The number of nitrogens with one attached hydrogen (secondary N) is 1. The number of hydrogen-bond donors (Lipinski definition) is 2. The topological polar surface area (TPSA) is 104 Å². The van der Waals surface area contributed by atoms with Gasteiger partial charge in [0.1, 0.15) is 30.3 Å². The van der Waals surface area contributed by atoms with E-state index in [1.165, 1.54) is 0 Å². The zero-order chi connectivity index (χ0) is 25.7. The molecule has 8 heteroatoms. The number of aromatic nitrogens is 3. The summed E-state index contributed by atoms with van der Waals surface area (Å²) in [5, 5.41) is 4.07. The molecule has 0 spiro atoms. The third kappa shape index (κ3) is 5.60. The minimum Gasteiger partial charge on any atom is -0.489 e. The van der Waals surface area contributed by atoms with Crippen LogP contribution in [0.5, 0.6) is 5.75 Å². The smallest absolute Gasteiger partial charge is 0.217 e. The Morgan fingerprint density at radius 3 is 2.58 bits per heavy atom. The number of hydrogen-bond acceptors (Lipinski definition) is 6. The molecule has 0 fully saturated rings. The lowest BCUT2D eigenvalue weighted by molar-refractivity contribution is -0.120. The SMILES string of the molecule is CCCC(C)(Cn1c(COCC)nc2c(N)nc3cc(OCc4ccccc4)ccc3c21)NC(C)=O. The number of fused-ring (bicyclic) bond motifs is 3. The van der Waals surface area contributed by atoms with E-state index >= 15 is 0 Å². The fourth-order valence-electron chi connectivity index (χ4n) is 4.75. The van der Waals surface area contributed by atoms with Gasteiger partial charge in [-0.3, -0.25) is 4.79 Å². The van der Waals surface area contributed by atoms with Gasteiger partial charge >= 0.3 is 0 Å². The molecule has 36 heavy (non-hydrogen) atoms. The van der Waals surface area contributed by atoms with Crippen molar-refractivity contribution < 1.29 is 14.3 Å². The number of pyridine rings is 1. The lowest BCUT2D eigenvalue weighted by atomic mass is 9.95. The Balaban J connectivity index is 1.80. The Morgan fingerprint density at radius 1 is 1.11 bits per heavy atom. The van der Waals surface area contributed by atoms with E-state index in [4.69, 9.17) is 20.2 Å². The minimum absolute atomic E-state index is 0.0621. The van der Waals surface area contributed by atoms with Gasteiger partial charge in [-0.05, 0) is 38.0 Å². The number of nitrogen functional groups attached to an aromatic ring is 1. The summed E-state index contributed by atoms with van der Waals surface area (Å²) < 4.78 is 13.9. The van der Waals surface area contributed by atoms with E-state index < -0.39 is 5.54 Å². The predicted octanol–water partition coefficient (Wildman–Crippen LogP) is 4.98. The van der Waals surface area contributed by atoms with Crippen LogP contribution in [0.2, 0.25) is 0 Å². The highest BCUT2D eigenvalue weighted by Crippen LogP contribution is 2.33. The summed E-state index contributed by atoms with van der Waals surface area (Å²) in [5.41, 5.74) is 9.29. The normalized spacial score (nSPS) is 13.1. The Hall–Kier alpha value is -3.65. The fraction of sp³-hybridized carbons (Fsp3) is 0.393. The Labute approximate surface area is 211 Å². The van der Waals surface area contributed by atoms with Crippen LogP contribution >= 0.6 is 0 Å². The van der Waals surface area contributed by atoms with E-state index in [1.54, 1.807) is 6.92 Å². The second-order valence-electron chi connectivity index (χ2n) is 9.39. The van der Waals surface area contributed by atoms with E-state index in [1.807, 2.05) is 55.5 Å². The van der Waals surface area contributed by atoms with Crippen LogP contribution in [0.3, 0.4) is 0 Å². The number of anilines is 1. The summed E-state index contributed by atoms with van der Waals surface area (Å²) in [5.74, 6) is 1.76. The molecule has 8 nitrogen and oxygen atoms in total. The van der Waals surface area contributed by atoms with Crippen molar-refractivity contribution in [2.24, 2.45) is 0 Å². The largest absolute Gasteiger partial charge is 0.489 e. The summed E-state index contributed by atoms with van der Waals surface area (Å²) >= 11 is 0. The minimum atomic E-state index is -0.460. The lowest BCUT2D eigenvalue weighted by Crippen LogP contribution is -2.48. The molecule has 2 aromatic heterocycles. The highest BCUT2D eigenvalue weighted by molar-refractivity contribution is 6.07. The van der Waals surface area contributed by atoms with Crippen LogP contribution in [0.25, 0.3) is 21.9 Å². The molecule has 0 saturated carbocycles. The van der Waals surface area contributed by atoms with Crippen LogP contribution in [0, 0.1) is 0 Å². The molecule has 0 aliphatic heterocycles. The van der Waals surface area contributed by atoms with Gasteiger partial charge < -0.3 is 25.1 Å². The van der Waals surface area contributed by atoms with Crippen molar-refractivity contribution in [1.82, 2.24) is 19.9 Å². The second kappa shape index (κ2) is 11.0. The molecule has 0 aliphatic rings. The van der Waals surface area contributed by atoms with Crippen molar-refractivity contribution in [2.75, 3.05) is 12.3 Å². The molecule has 4 aromatic rings. The number of amides is 1. The van der Waals surface area contributed by atoms with Gasteiger partial charge in [-0.15, -0.1) is 0 Å². The fourth-order valence-corrected chi connectivity index (χ4v) is 4.75. The van der Waals surface area contributed by atoms with Crippen molar-refractivity contribution in [3.05, 3.63) is 59.9 Å². The van der Waals surface area contributed by atoms with E-state index in [9.17, 15) is 4.79 Å². The van der Waals surface area contributed by atoms with Crippen molar-refractivity contribution in [3.8, 4) is 5.75 Å². The molecule has 190 valence electrons. The average molecular weight is 490 g/mol. The molecule has 2 aromatic carbocycles. The van der Waals surface area contributed by atoms with E-state index in [0.29, 0.717) is 43.4 Å². The number of ether oxygens (including phenoxy) is 2. The summed E-state index contributed by atoms with van der Waals surface area (Å²) in [4.78, 5) is 21.5. The maximum absolute atomic E-state index is 12.0. The van der Waals surface area contributed by atoms with Gasteiger partial charge in [-0.25, -0.2) is 9.97 Å². The van der Waals surface area contributed by atoms with Gasteiger partial charge in [0, 0.05) is 31.5 Å². The Bertz CT molecular complexity index is 1350. The predicted molar refractivity (Wildman–Crippen MR) is 143 cm³/mol. The zero-order valence-electron chi connectivity index (χ0n) is 21.5. The van der Waals surface area contributed by atoms with E-state index in [2.05, 4.69) is 28.7 Å². The summed E-state index contributed by atoms with van der Waals surface area (Å²) in [6.45, 7) is 9.59. The van der Waals surface area contributed by atoms with Crippen LogP contribution in [-0.4, -0.2) is 32.6 Å². The maximum atomic E-state index is 12.0. The van der Waals surface area contributed by atoms with Crippen molar-refractivity contribution >= 4 is 33.7 Å². The first-order valence-electron chi connectivity index (χ1n) is 12.4. The first kappa shape index (κ1) is 25.4. The van der Waals surface area contributed by atoms with Gasteiger partial charge in [-0.2, -0.15) is 0 Å². The Morgan fingerprint density at radius 2 is 1.89 bits per heavy atom. The molecule has 0 aliphatic carbocycles. The highest BCUT2D eigenvalue weighted by atomic mass is 16.5. The molecular weight excluding hydrogens is 454 g/mol. The molecule has 1 atom stereocenters. The lowest BCUT2D eigenvalue weighted by Gasteiger charge is -2.31. The van der Waals surface area contributed by atoms with Crippen LogP contribution in [0.15, 0.2) is 48.5 Å².